The van der Waals surface area contributed by atoms with E-state index in [1.807, 2.05) is 13.0 Å². The summed E-state index contributed by atoms with van der Waals surface area (Å²) in [6.45, 7) is 6.21. The first-order valence-electron chi connectivity index (χ1n) is 14.6. The van der Waals surface area contributed by atoms with Crippen molar-refractivity contribution in [3.05, 3.63) is 87.7 Å². The van der Waals surface area contributed by atoms with E-state index >= 15 is 0 Å². The van der Waals surface area contributed by atoms with Gasteiger partial charge in [-0.2, -0.15) is 21.3 Å². The number of anilines is 1. The standard InChI is InChI=1S/C32H33Cl2N5O6S2/c1-18(2)19(3)46-23-13-28(39(17-23)47(44,45)24-6-4-5-21(11-24)14-35)30(40)38-27(32(42)43)12-20-7-9-22(10-8-20)37-31(41)29-25(33)15-36-16-26(29)34/h4-11,15-16,18-19,23,27-28H,12-13,17H2,1-3H3,(H,37,41)(H,38,40)(H,42,43)/t19?,23-,27+,28+/m1/s1. The summed E-state index contributed by atoms with van der Waals surface area (Å²) >= 11 is 13.7. The van der Waals surface area contributed by atoms with Crippen LogP contribution < -0.4 is 10.6 Å². The van der Waals surface area contributed by atoms with E-state index in [0.29, 0.717) is 17.2 Å². The number of rotatable bonds is 12. The van der Waals surface area contributed by atoms with Crippen molar-refractivity contribution in [1.82, 2.24) is 14.6 Å². The van der Waals surface area contributed by atoms with Gasteiger partial charge in [0.25, 0.3) is 5.91 Å². The molecular weight excluding hydrogens is 685 g/mol. The molecule has 47 heavy (non-hydrogen) atoms. The molecule has 3 aromatic rings. The van der Waals surface area contributed by atoms with Crippen molar-refractivity contribution in [2.45, 2.75) is 61.1 Å². The van der Waals surface area contributed by atoms with E-state index in [1.54, 1.807) is 36.0 Å². The van der Waals surface area contributed by atoms with Gasteiger partial charge in [-0.1, -0.05) is 62.2 Å². The number of carboxylic acids is 1. The van der Waals surface area contributed by atoms with Crippen molar-refractivity contribution < 1.29 is 27.9 Å². The van der Waals surface area contributed by atoms with E-state index in [1.165, 1.54) is 36.7 Å². The molecular formula is C32H33Cl2N5O6S2. The van der Waals surface area contributed by atoms with Crippen LogP contribution in [0.3, 0.4) is 0 Å². The maximum absolute atomic E-state index is 13.8. The quantitative estimate of drug-likeness (QED) is 0.227. The topological polar surface area (TPSA) is 170 Å². The van der Waals surface area contributed by atoms with Crippen LogP contribution in [0.5, 0.6) is 0 Å². The molecule has 0 radical (unpaired) electrons. The molecule has 4 atom stereocenters. The van der Waals surface area contributed by atoms with Crippen molar-refractivity contribution in [3.8, 4) is 6.07 Å². The maximum atomic E-state index is 13.8. The van der Waals surface area contributed by atoms with Crippen molar-refractivity contribution in [3.63, 3.8) is 0 Å². The number of amides is 2. The van der Waals surface area contributed by atoms with Crippen molar-refractivity contribution in [2.24, 2.45) is 5.92 Å². The number of nitrogens with zero attached hydrogens (tertiary/aromatic N) is 3. The fourth-order valence-electron chi connectivity index (χ4n) is 4.94. The summed E-state index contributed by atoms with van der Waals surface area (Å²) in [4.78, 5) is 42.4. The van der Waals surface area contributed by atoms with Gasteiger partial charge in [0.05, 0.1) is 32.1 Å². The van der Waals surface area contributed by atoms with Gasteiger partial charge in [0.15, 0.2) is 0 Å². The van der Waals surface area contributed by atoms with E-state index in [4.69, 9.17) is 23.2 Å². The molecule has 2 heterocycles. The van der Waals surface area contributed by atoms with E-state index in [9.17, 15) is 33.2 Å². The molecule has 1 saturated heterocycles. The highest BCUT2D eigenvalue weighted by Gasteiger charge is 2.45. The van der Waals surface area contributed by atoms with Crippen LogP contribution in [0.2, 0.25) is 10.0 Å². The van der Waals surface area contributed by atoms with Crippen LogP contribution in [0.4, 0.5) is 5.69 Å². The molecule has 0 spiro atoms. The van der Waals surface area contributed by atoms with Crippen molar-refractivity contribution in [2.75, 3.05) is 11.9 Å². The molecule has 1 fully saturated rings. The van der Waals surface area contributed by atoms with E-state index in [2.05, 4.69) is 29.5 Å². The highest BCUT2D eigenvalue weighted by Crippen LogP contribution is 2.36. The largest absolute Gasteiger partial charge is 0.480 e. The average Bonchev–Trinajstić information content (AvgIpc) is 3.46. The number of sulfonamides is 1. The van der Waals surface area contributed by atoms with Crippen LogP contribution in [0.25, 0.3) is 0 Å². The number of thioether (sulfide) groups is 1. The molecule has 1 aliphatic heterocycles. The minimum Gasteiger partial charge on any atom is -0.480 e. The molecule has 2 amide bonds. The van der Waals surface area contributed by atoms with Crippen LogP contribution >= 0.6 is 35.0 Å². The Labute approximate surface area is 287 Å². The van der Waals surface area contributed by atoms with E-state index in [-0.39, 0.29) is 56.0 Å². The van der Waals surface area contributed by atoms with E-state index < -0.39 is 39.9 Å². The zero-order valence-corrected chi connectivity index (χ0v) is 28.8. The van der Waals surface area contributed by atoms with E-state index in [0.717, 1.165) is 4.31 Å². The average molecular weight is 719 g/mol. The van der Waals surface area contributed by atoms with Gasteiger partial charge < -0.3 is 15.7 Å². The molecule has 0 aliphatic carbocycles. The second-order valence-corrected chi connectivity index (χ2v) is 15.8. The monoisotopic (exact) mass is 717 g/mol. The number of pyridine rings is 1. The Hall–Kier alpha value is -3.67. The lowest BCUT2D eigenvalue weighted by Gasteiger charge is -2.25. The molecule has 1 aromatic heterocycles. The van der Waals surface area contributed by atoms with Gasteiger partial charge >= 0.3 is 5.97 Å². The maximum Gasteiger partial charge on any atom is 0.326 e. The van der Waals surface area contributed by atoms with Crippen LogP contribution in [0.15, 0.2) is 65.8 Å². The Morgan fingerprint density at radius 1 is 1.11 bits per heavy atom. The number of nitriles is 1. The smallest absolute Gasteiger partial charge is 0.326 e. The molecule has 0 bridgehead atoms. The zero-order valence-electron chi connectivity index (χ0n) is 25.7. The van der Waals surface area contributed by atoms with Gasteiger partial charge in [-0.3, -0.25) is 14.6 Å². The Balaban J connectivity index is 1.51. The number of carbonyl (C=O) groups excluding carboxylic acids is 2. The van der Waals surface area contributed by atoms with Crippen LogP contribution in [-0.2, 0) is 26.0 Å². The molecule has 248 valence electrons. The third-order valence-electron chi connectivity index (χ3n) is 7.78. The fourth-order valence-corrected chi connectivity index (χ4v) is 8.73. The Bertz CT molecular complexity index is 1780. The number of aromatic nitrogens is 1. The molecule has 3 N–H and O–H groups in total. The molecule has 1 unspecified atom stereocenters. The zero-order chi connectivity index (χ0) is 34.5. The second-order valence-electron chi connectivity index (χ2n) is 11.4. The van der Waals surface area contributed by atoms with Gasteiger partial charge in [0.2, 0.25) is 15.9 Å². The van der Waals surface area contributed by atoms with Gasteiger partial charge in [-0.15, -0.1) is 0 Å². The molecule has 11 nitrogen and oxygen atoms in total. The predicted molar refractivity (Wildman–Crippen MR) is 181 cm³/mol. The Kier molecular flexibility index (Phi) is 11.9. The third-order valence-corrected chi connectivity index (χ3v) is 11.9. The molecule has 4 rings (SSSR count). The number of nitrogens with one attached hydrogen (secondary N) is 2. The highest BCUT2D eigenvalue weighted by atomic mass is 35.5. The SMILES string of the molecule is CC(C)C(C)S[C@@H]1C[C@@H](C(=O)N[C@@H](Cc2ccc(NC(=O)c3c(Cl)cncc3Cl)cc2)C(=O)O)N(S(=O)(=O)c2cccc(C#N)c2)C1. The van der Waals surface area contributed by atoms with Crippen molar-refractivity contribution >= 4 is 68.5 Å². The summed E-state index contributed by atoms with van der Waals surface area (Å²) in [5.41, 5.74) is 1.15. The summed E-state index contributed by atoms with van der Waals surface area (Å²) in [5, 5.41) is 24.7. The van der Waals surface area contributed by atoms with Crippen LogP contribution in [-0.4, -0.2) is 69.7 Å². The lowest BCUT2D eigenvalue weighted by molar-refractivity contribution is -0.142. The fraction of sp³-hybridized carbons (Fsp3) is 0.344. The third kappa shape index (κ3) is 8.82. The predicted octanol–water partition coefficient (Wildman–Crippen LogP) is 5.23. The minimum atomic E-state index is -4.20. The minimum absolute atomic E-state index is 0.0553. The molecule has 0 saturated carbocycles. The van der Waals surface area contributed by atoms with Crippen molar-refractivity contribution in [1.29, 1.82) is 5.26 Å². The first kappa shape index (κ1) is 36.2. The number of hydrogen-bond acceptors (Lipinski definition) is 8. The second kappa shape index (κ2) is 15.5. The number of carbonyl (C=O) groups is 3. The number of hydrogen-bond donors (Lipinski definition) is 3. The van der Waals surface area contributed by atoms with Crippen LogP contribution in [0, 0.1) is 17.2 Å². The summed E-state index contributed by atoms with van der Waals surface area (Å²) < 4.78 is 28.7. The lowest BCUT2D eigenvalue weighted by Crippen LogP contribution is -2.51. The molecule has 2 aromatic carbocycles. The summed E-state index contributed by atoms with van der Waals surface area (Å²) in [7, 11) is -4.20. The summed E-state index contributed by atoms with van der Waals surface area (Å²) in [6.07, 6.45) is 2.67. The molecule has 15 heteroatoms. The lowest BCUT2D eigenvalue weighted by atomic mass is 10.0. The Morgan fingerprint density at radius 2 is 1.77 bits per heavy atom. The van der Waals surface area contributed by atoms with Gasteiger partial charge in [-0.25, -0.2) is 13.2 Å². The number of carboxylic acid groups (broad SMARTS) is 1. The number of halogens is 2. The first-order chi connectivity index (χ1) is 22.2. The number of benzene rings is 2. The van der Waals surface area contributed by atoms with Gasteiger partial charge in [-0.05, 0) is 48.2 Å². The van der Waals surface area contributed by atoms with Gasteiger partial charge in [0, 0.05) is 41.5 Å². The summed E-state index contributed by atoms with van der Waals surface area (Å²) in [5.74, 6) is -2.27. The normalized spacial score (nSPS) is 17.9. The number of aliphatic carboxylic acids is 1. The van der Waals surface area contributed by atoms with Gasteiger partial charge in [0.1, 0.15) is 12.1 Å². The highest BCUT2D eigenvalue weighted by molar-refractivity contribution is 8.00. The first-order valence-corrected chi connectivity index (χ1v) is 17.7. The molecule has 1 aliphatic rings. The Morgan fingerprint density at radius 3 is 2.36 bits per heavy atom. The summed E-state index contributed by atoms with van der Waals surface area (Å²) in [6, 6.07) is 11.3. The van der Waals surface area contributed by atoms with Crippen LogP contribution in [0.1, 0.15) is 48.7 Å².